The summed E-state index contributed by atoms with van der Waals surface area (Å²) in [4.78, 5) is 11.7. The summed E-state index contributed by atoms with van der Waals surface area (Å²) in [5, 5.41) is 7.01. The molecule has 4 nitrogen and oxygen atoms in total. The van der Waals surface area contributed by atoms with Crippen LogP contribution in [-0.2, 0) is 4.74 Å². The van der Waals surface area contributed by atoms with Crippen molar-refractivity contribution < 1.29 is 9.53 Å². The number of rotatable bonds is 6. The molecule has 0 aliphatic heterocycles. The Morgan fingerprint density at radius 1 is 1.32 bits per heavy atom. The number of hydrogen-bond donors (Lipinski definition) is 2. The van der Waals surface area contributed by atoms with Crippen molar-refractivity contribution in [3.63, 3.8) is 0 Å². The lowest BCUT2D eigenvalue weighted by Gasteiger charge is -2.22. The summed E-state index contributed by atoms with van der Waals surface area (Å²) >= 11 is 5.99. The van der Waals surface area contributed by atoms with Crippen molar-refractivity contribution in [3.05, 3.63) is 34.9 Å². The van der Waals surface area contributed by atoms with Gasteiger partial charge in [0.15, 0.2) is 0 Å². The summed E-state index contributed by atoms with van der Waals surface area (Å²) in [6.45, 7) is 10.4. The summed E-state index contributed by atoms with van der Waals surface area (Å²) < 4.78 is 5.23. The number of benzene rings is 1. The number of hydrogen-bond acceptors (Lipinski definition) is 3. The van der Waals surface area contributed by atoms with E-state index in [9.17, 15) is 4.79 Å². The number of amides is 1. The maximum Gasteiger partial charge on any atom is 0.407 e. The van der Waals surface area contributed by atoms with Gasteiger partial charge in [-0.25, -0.2) is 4.79 Å². The van der Waals surface area contributed by atoms with E-state index >= 15 is 0 Å². The zero-order valence-corrected chi connectivity index (χ0v) is 14.8. The van der Waals surface area contributed by atoms with Gasteiger partial charge in [-0.3, -0.25) is 0 Å². The van der Waals surface area contributed by atoms with Crippen molar-refractivity contribution in [1.29, 1.82) is 0 Å². The summed E-state index contributed by atoms with van der Waals surface area (Å²) in [5.41, 5.74) is 0.684. The van der Waals surface area contributed by atoms with E-state index in [1.54, 1.807) is 0 Å². The van der Waals surface area contributed by atoms with Crippen LogP contribution in [0, 0.1) is 0 Å². The molecule has 1 amide bonds. The maximum atomic E-state index is 11.7. The Bertz CT molecular complexity index is 486. The van der Waals surface area contributed by atoms with Gasteiger partial charge in [-0.1, -0.05) is 23.7 Å². The summed E-state index contributed by atoms with van der Waals surface area (Å²) in [7, 11) is 0. The van der Waals surface area contributed by atoms with Crippen LogP contribution in [0.15, 0.2) is 24.3 Å². The lowest BCUT2D eigenvalue weighted by atomic mass is 10.1. The molecule has 2 N–H and O–H groups in total. The van der Waals surface area contributed by atoms with E-state index in [1.807, 2.05) is 52.0 Å². The second-order valence-corrected chi connectivity index (χ2v) is 7.00. The highest BCUT2D eigenvalue weighted by atomic mass is 35.5. The van der Waals surface area contributed by atoms with Crippen molar-refractivity contribution in [2.24, 2.45) is 0 Å². The Balaban J connectivity index is 2.30. The fourth-order valence-electron chi connectivity index (χ4n) is 1.99. The molecule has 0 fully saturated rings. The molecule has 1 aromatic carbocycles. The standard InChI is InChI=1S/C17H27ClN2O2/c1-12(20-16(21)22-17(3,4)5)9-10-19-13(2)14-7-6-8-15(18)11-14/h6-8,11-13,19H,9-10H2,1-5H3,(H,20,21). The quantitative estimate of drug-likeness (QED) is 0.819. The van der Waals surface area contributed by atoms with Crippen molar-refractivity contribution in [3.8, 4) is 0 Å². The van der Waals surface area contributed by atoms with E-state index in [2.05, 4.69) is 17.6 Å². The highest BCUT2D eigenvalue weighted by Gasteiger charge is 2.17. The molecule has 5 heteroatoms. The first kappa shape index (κ1) is 18.8. The molecule has 2 unspecified atom stereocenters. The number of alkyl carbamates (subject to hydrolysis) is 1. The normalized spacial score (nSPS) is 14.3. The first-order chi connectivity index (χ1) is 10.2. The van der Waals surface area contributed by atoms with Gasteiger partial charge >= 0.3 is 6.09 Å². The summed E-state index contributed by atoms with van der Waals surface area (Å²) in [5.74, 6) is 0. The molecule has 22 heavy (non-hydrogen) atoms. The smallest absolute Gasteiger partial charge is 0.407 e. The molecule has 2 atom stereocenters. The van der Waals surface area contributed by atoms with Gasteiger partial charge in [-0.05, 0) is 65.3 Å². The van der Waals surface area contributed by atoms with E-state index in [4.69, 9.17) is 16.3 Å². The van der Waals surface area contributed by atoms with Crippen molar-refractivity contribution in [2.75, 3.05) is 6.54 Å². The SMILES string of the molecule is CC(CCNC(C)c1cccc(Cl)c1)NC(=O)OC(C)(C)C. The molecule has 0 spiro atoms. The molecule has 0 heterocycles. The number of carbonyl (C=O) groups excluding carboxylic acids is 1. The third-order valence-electron chi connectivity index (χ3n) is 3.14. The third kappa shape index (κ3) is 7.66. The highest BCUT2D eigenvalue weighted by molar-refractivity contribution is 6.30. The Kier molecular flexibility index (Phi) is 7.17. The van der Waals surface area contributed by atoms with E-state index in [0.717, 1.165) is 23.6 Å². The fraction of sp³-hybridized carbons (Fsp3) is 0.588. The number of nitrogens with one attached hydrogen (secondary N) is 2. The van der Waals surface area contributed by atoms with E-state index in [0.29, 0.717) is 0 Å². The van der Waals surface area contributed by atoms with Crippen LogP contribution in [0.2, 0.25) is 5.02 Å². The molecule has 0 radical (unpaired) electrons. The molecule has 1 aromatic rings. The van der Waals surface area contributed by atoms with Gasteiger partial charge in [0.1, 0.15) is 5.60 Å². The van der Waals surface area contributed by atoms with Gasteiger partial charge < -0.3 is 15.4 Å². The van der Waals surface area contributed by atoms with Crippen LogP contribution in [0.1, 0.15) is 52.6 Å². The zero-order valence-electron chi connectivity index (χ0n) is 14.1. The van der Waals surface area contributed by atoms with Gasteiger partial charge in [0.25, 0.3) is 0 Å². The van der Waals surface area contributed by atoms with Crippen LogP contribution in [0.4, 0.5) is 4.79 Å². The second-order valence-electron chi connectivity index (χ2n) is 6.57. The Labute approximate surface area is 138 Å². The summed E-state index contributed by atoms with van der Waals surface area (Å²) in [6.07, 6.45) is 0.451. The van der Waals surface area contributed by atoms with Crippen LogP contribution in [0.25, 0.3) is 0 Å². The van der Waals surface area contributed by atoms with Crippen molar-refractivity contribution >= 4 is 17.7 Å². The Hall–Kier alpha value is -1.26. The monoisotopic (exact) mass is 326 g/mol. The number of carbonyl (C=O) groups is 1. The topological polar surface area (TPSA) is 50.4 Å². The van der Waals surface area contributed by atoms with Crippen LogP contribution >= 0.6 is 11.6 Å². The van der Waals surface area contributed by atoms with Gasteiger partial charge in [0, 0.05) is 17.1 Å². The summed E-state index contributed by atoms with van der Waals surface area (Å²) in [6, 6.07) is 8.09. The first-order valence-electron chi connectivity index (χ1n) is 7.66. The predicted octanol–water partition coefficient (Wildman–Crippen LogP) is 4.29. The molecule has 0 saturated heterocycles. The second kappa shape index (κ2) is 8.39. The Morgan fingerprint density at radius 3 is 2.59 bits per heavy atom. The minimum atomic E-state index is -0.469. The van der Waals surface area contributed by atoms with Gasteiger partial charge in [-0.15, -0.1) is 0 Å². The number of halogens is 1. The molecule has 0 aliphatic carbocycles. The minimum absolute atomic E-state index is 0.0499. The molecule has 0 bridgehead atoms. The molecule has 124 valence electrons. The molecular weight excluding hydrogens is 300 g/mol. The fourth-order valence-corrected chi connectivity index (χ4v) is 2.19. The van der Waals surface area contributed by atoms with Crippen molar-refractivity contribution in [1.82, 2.24) is 10.6 Å². The van der Waals surface area contributed by atoms with Gasteiger partial charge in [-0.2, -0.15) is 0 Å². The minimum Gasteiger partial charge on any atom is -0.444 e. The van der Waals surface area contributed by atoms with Crippen LogP contribution in [0.5, 0.6) is 0 Å². The lowest BCUT2D eigenvalue weighted by molar-refractivity contribution is 0.0506. The van der Waals surface area contributed by atoms with E-state index in [1.165, 1.54) is 0 Å². The molecular formula is C17H27ClN2O2. The molecule has 0 aliphatic rings. The van der Waals surface area contributed by atoms with E-state index < -0.39 is 5.60 Å². The average Bonchev–Trinajstić information content (AvgIpc) is 2.36. The van der Waals surface area contributed by atoms with Gasteiger partial charge in [0.05, 0.1) is 0 Å². The molecule has 0 aromatic heterocycles. The van der Waals surface area contributed by atoms with Gasteiger partial charge in [0.2, 0.25) is 0 Å². The average molecular weight is 327 g/mol. The zero-order chi connectivity index (χ0) is 16.8. The highest BCUT2D eigenvalue weighted by Crippen LogP contribution is 2.17. The largest absolute Gasteiger partial charge is 0.444 e. The maximum absolute atomic E-state index is 11.7. The van der Waals surface area contributed by atoms with Crippen LogP contribution in [0.3, 0.4) is 0 Å². The predicted molar refractivity (Wildman–Crippen MR) is 91.3 cm³/mol. The van der Waals surface area contributed by atoms with Crippen LogP contribution < -0.4 is 10.6 Å². The molecule has 1 rings (SSSR count). The molecule has 0 saturated carbocycles. The van der Waals surface area contributed by atoms with E-state index in [-0.39, 0.29) is 18.2 Å². The number of ether oxygens (including phenoxy) is 1. The third-order valence-corrected chi connectivity index (χ3v) is 3.37. The Morgan fingerprint density at radius 2 is 2.00 bits per heavy atom. The first-order valence-corrected chi connectivity index (χ1v) is 8.03. The van der Waals surface area contributed by atoms with Crippen molar-refractivity contribution in [2.45, 2.75) is 58.7 Å². The lowest BCUT2D eigenvalue weighted by Crippen LogP contribution is -2.39. The van der Waals surface area contributed by atoms with Crippen LogP contribution in [-0.4, -0.2) is 24.3 Å².